The van der Waals surface area contributed by atoms with E-state index in [1.54, 1.807) is 6.07 Å². The molecular weight excluding hydrogens is 526 g/mol. The van der Waals surface area contributed by atoms with E-state index in [4.69, 9.17) is 5.73 Å². The van der Waals surface area contributed by atoms with Crippen molar-refractivity contribution in [2.75, 3.05) is 33.2 Å². The standard InChI is InChI=1S/C31H33N3O7/c1-33-8-10-34(11-9-33)15-16-2-4-17(5-3-16)20-6-7-22(35)25-21(20)13-18-12-19-14-23(36)26(30(32)40)29(39)31(19,41)28(38)24(18)27(25)37/h2-7,18-19,35,37,39,41H,8-15H2,1H3,(H2,32,40)/t18?,19-,31-/m0/s1. The second-order valence-corrected chi connectivity index (χ2v) is 11.7. The third-order valence-electron chi connectivity index (χ3n) is 9.21. The lowest BCUT2D eigenvalue weighted by atomic mass is 9.59. The van der Waals surface area contributed by atoms with Crippen LogP contribution in [0.5, 0.6) is 5.75 Å². The van der Waals surface area contributed by atoms with E-state index in [0.717, 1.165) is 43.9 Å². The van der Waals surface area contributed by atoms with E-state index in [9.17, 15) is 34.8 Å². The van der Waals surface area contributed by atoms with Crippen LogP contribution < -0.4 is 5.73 Å². The van der Waals surface area contributed by atoms with Crippen molar-refractivity contribution in [1.29, 1.82) is 0 Å². The van der Waals surface area contributed by atoms with E-state index < -0.39 is 52.0 Å². The summed E-state index contributed by atoms with van der Waals surface area (Å²) < 4.78 is 0. The molecule has 0 bridgehead atoms. The Morgan fingerprint density at radius 3 is 2.34 bits per heavy atom. The Kier molecular flexibility index (Phi) is 6.52. The molecule has 1 saturated heterocycles. The lowest BCUT2D eigenvalue weighted by molar-refractivity contribution is -0.147. The van der Waals surface area contributed by atoms with E-state index >= 15 is 0 Å². The van der Waals surface area contributed by atoms with Gasteiger partial charge in [0.05, 0.1) is 5.56 Å². The lowest BCUT2D eigenvalue weighted by Crippen LogP contribution is -2.58. The van der Waals surface area contributed by atoms with Gasteiger partial charge in [-0.05, 0) is 54.1 Å². The van der Waals surface area contributed by atoms with Crippen molar-refractivity contribution in [2.45, 2.75) is 31.4 Å². The van der Waals surface area contributed by atoms with Gasteiger partial charge in [0.15, 0.2) is 11.4 Å². The van der Waals surface area contributed by atoms with Crippen LogP contribution in [0.15, 0.2) is 53.3 Å². The minimum Gasteiger partial charge on any atom is -0.508 e. The Morgan fingerprint density at radius 2 is 1.68 bits per heavy atom. The fraction of sp³-hybridized carbons (Fsp3) is 0.387. The number of hydrogen-bond acceptors (Lipinski definition) is 9. The molecule has 3 aliphatic carbocycles. The summed E-state index contributed by atoms with van der Waals surface area (Å²) in [5, 5.41) is 44.3. The molecule has 10 nitrogen and oxygen atoms in total. The fourth-order valence-electron chi connectivity index (χ4n) is 6.95. The topological polar surface area (TPSA) is 165 Å². The Hall–Kier alpha value is -3.99. The Morgan fingerprint density at radius 1 is 1.00 bits per heavy atom. The quantitative estimate of drug-likeness (QED) is 0.352. The number of benzene rings is 2. The SMILES string of the molecule is CN1CCN(Cc2ccc(-c3ccc(O)c4c3CC3C[C@H]5CC(=O)C(C(N)=O)=C(O)[C@@]5(O)C(=O)C3=C4O)cc2)CC1. The number of nitrogens with two attached hydrogens (primary N) is 1. The number of piperazine rings is 1. The number of aromatic hydroxyl groups is 1. The number of nitrogens with zero attached hydrogens (tertiary/aromatic N) is 2. The van der Waals surface area contributed by atoms with Gasteiger partial charge in [0.2, 0.25) is 5.78 Å². The van der Waals surface area contributed by atoms with Gasteiger partial charge in [-0.1, -0.05) is 30.3 Å². The van der Waals surface area contributed by atoms with E-state index in [0.29, 0.717) is 5.56 Å². The average Bonchev–Trinajstić information content (AvgIpc) is 2.92. The summed E-state index contributed by atoms with van der Waals surface area (Å²) in [6.07, 6.45) is 0.0206. The van der Waals surface area contributed by atoms with E-state index in [1.165, 1.54) is 11.6 Å². The molecule has 2 aromatic rings. The van der Waals surface area contributed by atoms with Crippen LogP contribution in [0, 0.1) is 11.8 Å². The van der Waals surface area contributed by atoms with Gasteiger partial charge in [-0.3, -0.25) is 19.3 Å². The van der Waals surface area contributed by atoms with Crippen LogP contribution in [0.4, 0.5) is 0 Å². The van der Waals surface area contributed by atoms with Crippen LogP contribution >= 0.6 is 0 Å². The van der Waals surface area contributed by atoms with E-state index in [-0.39, 0.29) is 36.1 Å². The van der Waals surface area contributed by atoms with Crippen molar-refractivity contribution in [3.63, 3.8) is 0 Å². The molecule has 0 radical (unpaired) electrons. The van der Waals surface area contributed by atoms with E-state index in [1.807, 2.05) is 12.1 Å². The number of Topliss-reactive ketones (excluding diaryl/α,β-unsaturated/α-hetero) is 2. The Labute approximate surface area is 237 Å². The van der Waals surface area contributed by atoms with Crippen LogP contribution in [0.1, 0.15) is 29.5 Å². The second kappa shape index (κ2) is 9.83. The first kappa shape index (κ1) is 27.2. The average molecular weight is 560 g/mol. The summed E-state index contributed by atoms with van der Waals surface area (Å²) in [5.74, 6) is -6.32. The second-order valence-electron chi connectivity index (χ2n) is 11.7. The van der Waals surface area contributed by atoms with Crippen molar-refractivity contribution in [3.05, 3.63) is 70.0 Å². The number of carbonyl (C=O) groups is 3. The molecule has 6 rings (SSSR count). The number of fused-ring (bicyclic) bond motifs is 3. The van der Waals surface area contributed by atoms with Crippen LogP contribution in [-0.4, -0.2) is 86.5 Å². The zero-order valence-electron chi connectivity index (χ0n) is 22.8. The molecule has 214 valence electrons. The molecule has 1 amide bonds. The van der Waals surface area contributed by atoms with Gasteiger partial charge in [0.25, 0.3) is 5.91 Å². The molecule has 0 spiro atoms. The summed E-state index contributed by atoms with van der Waals surface area (Å²) in [7, 11) is 2.12. The highest BCUT2D eigenvalue weighted by atomic mass is 16.3. The number of phenolic OH excluding ortho intramolecular Hbond substituents is 1. The molecule has 2 aromatic carbocycles. The molecule has 1 heterocycles. The monoisotopic (exact) mass is 559 g/mol. The number of aliphatic hydroxyl groups excluding tert-OH is 2. The molecule has 0 aromatic heterocycles. The molecule has 41 heavy (non-hydrogen) atoms. The first-order valence-corrected chi connectivity index (χ1v) is 13.8. The maximum Gasteiger partial charge on any atom is 0.255 e. The number of amides is 1. The highest BCUT2D eigenvalue weighted by Gasteiger charge is 2.60. The first-order chi connectivity index (χ1) is 19.5. The molecule has 2 fully saturated rings. The van der Waals surface area contributed by atoms with Gasteiger partial charge in [-0.15, -0.1) is 0 Å². The normalized spacial score (nSPS) is 27.0. The third-order valence-corrected chi connectivity index (χ3v) is 9.21. The minimum atomic E-state index is -2.57. The van der Waals surface area contributed by atoms with Gasteiger partial charge in [0.1, 0.15) is 22.8 Å². The number of aliphatic hydroxyl groups is 3. The molecule has 3 atom stereocenters. The molecular formula is C31H33N3O7. The summed E-state index contributed by atoms with van der Waals surface area (Å²) in [5.41, 5.74) is 5.35. The maximum atomic E-state index is 13.7. The molecule has 6 N–H and O–H groups in total. The Bertz CT molecular complexity index is 1540. The number of rotatable bonds is 4. The lowest BCUT2D eigenvalue weighted by Gasteiger charge is -2.46. The van der Waals surface area contributed by atoms with Crippen molar-refractivity contribution in [1.82, 2.24) is 9.80 Å². The van der Waals surface area contributed by atoms with Gasteiger partial charge >= 0.3 is 0 Å². The highest BCUT2D eigenvalue weighted by Crippen LogP contribution is 2.53. The molecule has 1 saturated carbocycles. The minimum absolute atomic E-state index is 0.0937. The van der Waals surface area contributed by atoms with Crippen LogP contribution in [0.25, 0.3) is 16.9 Å². The smallest absolute Gasteiger partial charge is 0.255 e. The van der Waals surface area contributed by atoms with Crippen molar-refractivity contribution in [2.24, 2.45) is 17.6 Å². The zero-order chi connectivity index (χ0) is 29.2. The number of hydrogen-bond donors (Lipinski definition) is 5. The van der Waals surface area contributed by atoms with Gasteiger partial charge in [-0.25, -0.2) is 0 Å². The fourth-order valence-corrected chi connectivity index (χ4v) is 6.95. The Balaban J connectivity index is 1.37. The van der Waals surface area contributed by atoms with Crippen molar-refractivity contribution < 1.29 is 34.8 Å². The molecule has 1 unspecified atom stereocenters. The molecule has 4 aliphatic rings. The number of ketones is 2. The van der Waals surface area contributed by atoms with Gasteiger partial charge in [0, 0.05) is 50.6 Å². The van der Waals surface area contributed by atoms with Crippen LogP contribution in [0.2, 0.25) is 0 Å². The number of primary amides is 1. The van der Waals surface area contributed by atoms with E-state index in [2.05, 4.69) is 29.0 Å². The predicted molar refractivity (Wildman–Crippen MR) is 150 cm³/mol. The number of likely N-dealkylation sites (N-methyl/N-ethyl adjacent to an activating group) is 1. The zero-order valence-corrected chi connectivity index (χ0v) is 22.8. The maximum absolute atomic E-state index is 13.7. The van der Waals surface area contributed by atoms with Crippen LogP contribution in [-0.2, 0) is 27.3 Å². The van der Waals surface area contributed by atoms with Crippen LogP contribution in [0.3, 0.4) is 0 Å². The molecule has 10 heteroatoms. The summed E-state index contributed by atoms with van der Waals surface area (Å²) in [4.78, 5) is 42.8. The summed E-state index contributed by atoms with van der Waals surface area (Å²) in [6, 6.07) is 11.4. The predicted octanol–water partition coefficient (Wildman–Crippen LogP) is 1.84. The number of phenols is 1. The van der Waals surface area contributed by atoms with Gasteiger partial charge < -0.3 is 31.1 Å². The number of carbonyl (C=O) groups excluding carboxylic acids is 3. The van der Waals surface area contributed by atoms with Gasteiger partial charge in [-0.2, -0.15) is 0 Å². The third kappa shape index (κ3) is 4.25. The van der Waals surface area contributed by atoms with Crippen molar-refractivity contribution >= 4 is 23.2 Å². The largest absolute Gasteiger partial charge is 0.508 e. The van der Waals surface area contributed by atoms with Crippen molar-refractivity contribution in [3.8, 4) is 16.9 Å². The highest BCUT2D eigenvalue weighted by molar-refractivity contribution is 6.22. The summed E-state index contributed by atoms with van der Waals surface area (Å²) >= 11 is 0. The first-order valence-electron chi connectivity index (χ1n) is 13.8. The molecule has 1 aliphatic heterocycles. The summed E-state index contributed by atoms with van der Waals surface area (Å²) in [6.45, 7) is 4.94.